The molecule has 8 nitrogen and oxygen atoms in total. The van der Waals surface area contributed by atoms with E-state index in [9.17, 15) is 24.0 Å². The van der Waals surface area contributed by atoms with Crippen LogP contribution in [-0.2, 0) is 9.53 Å². The number of fused-ring (bicyclic) bond motifs is 2. The van der Waals surface area contributed by atoms with Gasteiger partial charge in [-0.15, -0.1) is 0 Å². The minimum Gasteiger partial charge on any atom is -0.466 e. The average molecular weight is 715 g/mol. The zero-order valence-electron chi connectivity index (χ0n) is 31.4. The van der Waals surface area contributed by atoms with Gasteiger partial charge in [0.15, 0.2) is 0 Å². The standard InChI is InChI=1S/C45H50N2O6/c1-4-7-9-12-16-28(17-13-10-8-5-2)47-44(51)35-25-21-31-29-19-23-33-40-34(43(50)46(42(33)49)27-15-11-14-18-37(48)53-6-3)24-20-30(38(29)40)32-22-26-36(45(47)52)41(35)39(31)32/h19-26,28H,4-18,27H2,1-3H3. The lowest BCUT2D eigenvalue weighted by Crippen LogP contribution is -2.47. The second-order valence-corrected chi connectivity index (χ2v) is 14.9. The van der Waals surface area contributed by atoms with Crippen molar-refractivity contribution in [2.24, 2.45) is 0 Å². The Kier molecular flexibility index (Phi) is 10.8. The number of carbonyl (C=O) groups excluding carboxylic acids is 5. The summed E-state index contributed by atoms with van der Waals surface area (Å²) >= 11 is 0. The zero-order valence-corrected chi connectivity index (χ0v) is 31.4. The third-order valence-electron chi connectivity index (χ3n) is 11.5. The number of amides is 4. The molecule has 0 atom stereocenters. The highest BCUT2D eigenvalue weighted by atomic mass is 16.5. The van der Waals surface area contributed by atoms with Gasteiger partial charge in [0.1, 0.15) is 0 Å². The van der Waals surface area contributed by atoms with Gasteiger partial charge in [-0.2, -0.15) is 0 Å². The highest BCUT2D eigenvalue weighted by Crippen LogP contribution is 2.46. The Hall–Kier alpha value is -4.85. The molecule has 0 spiro atoms. The van der Waals surface area contributed by atoms with Crippen LogP contribution < -0.4 is 0 Å². The Balaban J connectivity index is 1.25. The van der Waals surface area contributed by atoms with E-state index in [1.165, 1.54) is 4.90 Å². The molecule has 0 saturated carbocycles. The summed E-state index contributed by atoms with van der Waals surface area (Å²) in [5, 5.41) is 6.63. The second kappa shape index (κ2) is 15.6. The molecule has 0 bridgehead atoms. The first-order valence-electron chi connectivity index (χ1n) is 19.9. The van der Waals surface area contributed by atoms with Crippen molar-refractivity contribution in [3.8, 4) is 0 Å². The quantitative estimate of drug-likeness (QED) is 0.0294. The summed E-state index contributed by atoms with van der Waals surface area (Å²) in [6.45, 7) is 6.78. The number of nitrogens with zero attached hydrogens (tertiary/aromatic N) is 2. The van der Waals surface area contributed by atoms with Crippen LogP contribution >= 0.6 is 0 Å². The van der Waals surface area contributed by atoms with Crippen LogP contribution in [0.5, 0.6) is 0 Å². The van der Waals surface area contributed by atoms with Crippen LogP contribution in [0.2, 0.25) is 0 Å². The molecule has 0 saturated heterocycles. The van der Waals surface area contributed by atoms with Gasteiger partial charge in [0.2, 0.25) is 0 Å². The molecular formula is C45H50N2O6. The van der Waals surface area contributed by atoms with Gasteiger partial charge in [-0.25, -0.2) is 0 Å². The maximum Gasteiger partial charge on any atom is 0.305 e. The molecule has 0 aromatic heterocycles. The van der Waals surface area contributed by atoms with E-state index in [2.05, 4.69) is 13.8 Å². The minimum atomic E-state index is -0.317. The number of hydrogen-bond donors (Lipinski definition) is 0. The predicted octanol–water partition coefficient (Wildman–Crippen LogP) is 10.4. The number of esters is 1. The third-order valence-corrected chi connectivity index (χ3v) is 11.5. The molecule has 53 heavy (non-hydrogen) atoms. The van der Waals surface area contributed by atoms with Crippen molar-refractivity contribution in [1.82, 2.24) is 9.80 Å². The van der Waals surface area contributed by atoms with Crippen LogP contribution in [0.4, 0.5) is 0 Å². The molecule has 5 aromatic carbocycles. The molecule has 7 rings (SSSR count). The molecule has 2 aliphatic heterocycles. The van der Waals surface area contributed by atoms with Crippen LogP contribution in [0.15, 0.2) is 48.5 Å². The van der Waals surface area contributed by atoms with Crippen molar-refractivity contribution in [2.45, 2.75) is 117 Å². The lowest BCUT2D eigenvalue weighted by atomic mass is 9.82. The molecule has 0 radical (unpaired) electrons. The van der Waals surface area contributed by atoms with Gasteiger partial charge in [-0.3, -0.25) is 33.8 Å². The largest absolute Gasteiger partial charge is 0.466 e. The lowest BCUT2D eigenvalue weighted by molar-refractivity contribution is -0.143. The number of rotatable bonds is 18. The first-order chi connectivity index (χ1) is 25.8. The number of ether oxygens (including phenoxy) is 1. The summed E-state index contributed by atoms with van der Waals surface area (Å²) in [4.78, 5) is 71.2. The van der Waals surface area contributed by atoms with Crippen LogP contribution in [0.3, 0.4) is 0 Å². The van der Waals surface area contributed by atoms with E-state index in [-0.39, 0.29) is 42.2 Å². The van der Waals surface area contributed by atoms with Crippen LogP contribution in [0.25, 0.3) is 43.1 Å². The molecule has 5 aromatic rings. The Bertz CT molecular complexity index is 2110. The predicted molar refractivity (Wildman–Crippen MR) is 210 cm³/mol. The smallest absolute Gasteiger partial charge is 0.305 e. The summed E-state index contributed by atoms with van der Waals surface area (Å²) in [6.07, 6.45) is 12.6. The van der Waals surface area contributed by atoms with E-state index in [0.29, 0.717) is 65.3 Å². The molecule has 8 heteroatoms. The fourth-order valence-electron chi connectivity index (χ4n) is 8.84. The SMILES string of the molecule is CCCCCCC(CCCCCC)N1C(=O)c2ccc3c4ccc5c6c(ccc(c7ccc(c2c37)C1=O)c64)C(=O)N(CCCCCC(=O)OCC)C5=O. The molecule has 4 amide bonds. The van der Waals surface area contributed by atoms with Gasteiger partial charge in [0.25, 0.3) is 23.6 Å². The van der Waals surface area contributed by atoms with E-state index >= 15 is 0 Å². The maximum absolute atomic E-state index is 14.4. The lowest BCUT2D eigenvalue weighted by Gasteiger charge is -2.35. The number of unbranched alkanes of at least 4 members (excludes halogenated alkanes) is 8. The summed E-state index contributed by atoms with van der Waals surface area (Å²) in [5.74, 6) is -1.29. The number of carbonyl (C=O) groups is 5. The summed E-state index contributed by atoms with van der Waals surface area (Å²) in [6, 6.07) is 15.1. The van der Waals surface area contributed by atoms with Crippen LogP contribution in [-0.4, -0.2) is 58.6 Å². The zero-order chi connectivity index (χ0) is 37.2. The van der Waals surface area contributed by atoms with Crippen molar-refractivity contribution in [3.05, 3.63) is 70.8 Å². The summed E-state index contributed by atoms with van der Waals surface area (Å²) in [5.41, 5.74) is 2.10. The average Bonchev–Trinajstić information content (AvgIpc) is 3.16. The normalized spacial score (nSPS) is 14.3. The fourth-order valence-corrected chi connectivity index (χ4v) is 8.84. The van der Waals surface area contributed by atoms with Gasteiger partial charge in [0, 0.05) is 52.0 Å². The molecule has 0 N–H and O–H groups in total. The minimum absolute atomic E-state index is 0.129. The van der Waals surface area contributed by atoms with E-state index in [0.717, 1.165) is 96.5 Å². The van der Waals surface area contributed by atoms with Crippen molar-refractivity contribution < 1.29 is 28.7 Å². The van der Waals surface area contributed by atoms with Crippen LogP contribution in [0, 0.1) is 0 Å². The summed E-state index contributed by atoms with van der Waals surface area (Å²) in [7, 11) is 0. The Morgan fingerprint density at radius 1 is 0.528 bits per heavy atom. The molecule has 2 aliphatic rings. The first kappa shape index (κ1) is 36.5. The molecule has 2 heterocycles. The van der Waals surface area contributed by atoms with Gasteiger partial charge >= 0.3 is 5.97 Å². The molecular weight excluding hydrogens is 665 g/mol. The molecule has 276 valence electrons. The number of imide groups is 2. The van der Waals surface area contributed by atoms with Crippen molar-refractivity contribution >= 4 is 72.7 Å². The highest BCUT2D eigenvalue weighted by molar-refractivity contribution is 6.41. The molecule has 0 unspecified atom stereocenters. The van der Waals surface area contributed by atoms with E-state index in [4.69, 9.17) is 4.74 Å². The van der Waals surface area contributed by atoms with E-state index < -0.39 is 0 Å². The number of benzene rings is 5. The molecule has 0 fully saturated rings. The third kappa shape index (κ3) is 6.44. The van der Waals surface area contributed by atoms with E-state index in [1.54, 1.807) is 11.8 Å². The topological polar surface area (TPSA) is 101 Å². The Morgan fingerprint density at radius 2 is 0.962 bits per heavy atom. The summed E-state index contributed by atoms with van der Waals surface area (Å²) < 4.78 is 5.01. The van der Waals surface area contributed by atoms with Crippen LogP contribution in [0.1, 0.15) is 152 Å². The van der Waals surface area contributed by atoms with E-state index in [1.807, 2.05) is 48.5 Å². The first-order valence-corrected chi connectivity index (χ1v) is 19.9. The van der Waals surface area contributed by atoms with Gasteiger partial charge in [-0.1, -0.05) is 95.9 Å². The van der Waals surface area contributed by atoms with Crippen molar-refractivity contribution in [1.29, 1.82) is 0 Å². The monoisotopic (exact) mass is 714 g/mol. The fraction of sp³-hybridized carbons (Fsp3) is 0.444. The maximum atomic E-state index is 14.4. The number of hydrogen-bond acceptors (Lipinski definition) is 6. The van der Waals surface area contributed by atoms with Gasteiger partial charge in [0.05, 0.1) is 6.61 Å². The Labute approximate surface area is 311 Å². The highest BCUT2D eigenvalue weighted by Gasteiger charge is 2.39. The van der Waals surface area contributed by atoms with Crippen molar-refractivity contribution in [2.75, 3.05) is 13.2 Å². The second-order valence-electron chi connectivity index (χ2n) is 14.9. The van der Waals surface area contributed by atoms with Gasteiger partial charge in [-0.05, 0) is 89.2 Å². The Morgan fingerprint density at radius 3 is 1.40 bits per heavy atom. The molecule has 0 aliphatic carbocycles. The van der Waals surface area contributed by atoms with Crippen molar-refractivity contribution in [3.63, 3.8) is 0 Å². The van der Waals surface area contributed by atoms with Gasteiger partial charge < -0.3 is 4.74 Å².